The highest BCUT2D eigenvalue weighted by Gasteiger charge is 2.09. The van der Waals surface area contributed by atoms with Gasteiger partial charge in [-0.3, -0.25) is 0 Å². The Labute approximate surface area is 118 Å². The van der Waals surface area contributed by atoms with E-state index in [0.29, 0.717) is 17.1 Å². The molecule has 0 spiro atoms. The zero-order valence-corrected chi connectivity index (χ0v) is 11.8. The summed E-state index contributed by atoms with van der Waals surface area (Å²) < 4.78 is 13.6. The van der Waals surface area contributed by atoms with Crippen molar-refractivity contribution in [2.45, 2.75) is 26.4 Å². The number of rotatable bonds is 4. The fourth-order valence-corrected chi connectivity index (χ4v) is 2.24. The molecule has 0 aliphatic rings. The normalized spacial score (nSPS) is 12.4. The lowest BCUT2D eigenvalue weighted by Crippen LogP contribution is -2.19. The second kappa shape index (κ2) is 6.18. The molecule has 0 saturated carbocycles. The van der Waals surface area contributed by atoms with Gasteiger partial charge in [-0.1, -0.05) is 47.5 Å². The Morgan fingerprint density at radius 3 is 2.63 bits per heavy atom. The van der Waals surface area contributed by atoms with Gasteiger partial charge < -0.3 is 5.32 Å². The van der Waals surface area contributed by atoms with Crippen LogP contribution in [0.5, 0.6) is 0 Å². The van der Waals surface area contributed by atoms with Gasteiger partial charge in [0, 0.05) is 23.2 Å². The standard InChI is InChI=1S/C16H17ClFN/c1-11-5-3-6-13(9-11)12(2)19-10-14-15(17)7-4-8-16(14)18/h3-9,12,19H,10H2,1-2H3/t12-/m1/s1. The van der Waals surface area contributed by atoms with Crippen molar-refractivity contribution in [2.75, 3.05) is 0 Å². The highest BCUT2D eigenvalue weighted by molar-refractivity contribution is 6.31. The second-order valence-corrected chi connectivity index (χ2v) is 5.12. The molecule has 0 unspecified atom stereocenters. The molecule has 2 aromatic carbocycles. The fourth-order valence-electron chi connectivity index (χ4n) is 2.01. The van der Waals surface area contributed by atoms with E-state index in [1.165, 1.54) is 17.2 Å². The van der Waals surface area contributed by atoms with Crippen LogP contribution in [-0.4, -0.2) is 0 Å². The van der Waals surface area contributed by atoms with Crippen LogP contribution in [0.3, 0.4) is 0 Å². The molecule has 19 heavy (non-hydrogen) atoms. The van der Waals surface area contributed by atoms with Gasteiger partial charge in [0.25, 0.3) is 0 Å². The predicted octanol–water partition coefficient (Wildman–Crippen LogP) is 4.64. The molecular weight excluding hydrogens is 261 g/mol. The van der Waals surface area contributed by atoms with Crippen LogP contribution in [0.2, 0.25) is 5.02 Å². The number of nitrogens with one attached hydrogen (secondary N) is 1. The van der Waals surface area contributed by atoms with Crippen LogP contribution in [0.4, 0.5) is 4.39 Å². The van der Waals surface area contributed by atoms with Crippen LogP contribution in [0.25, 0.3) is 0 Å². The molecule has 1 nitrogen and oxygen atoms in total. The van der Waals surface area contributed by atoms with Crippen LogP contribution in [-0.2, 0) is 6.54 Å². The van der Waals surface area contributed by atoms with Gasteiger partial charge in [-0.2, -0.15) is 0 Å². The van der Waals surface area contributed by atoms with Crippen molar-refractivity contribution in [1.29, 1.82) is 0 Å². The highest BCUT2D eigenvalue weighted by atomic mass is 35.5. The quantitative estimate of drug-likeness (QED) is 0.858. The van der Waals surface area contributed by atoms with Gasteiger partial charge in [0.2, 0.25) is 0 Å². The van der Waals surface area contributed by atoms with Crippen LogP contribution in [0.15, 0.2) is 42.5 Å². The molecule has 0 saturated heterocycles. The molecule has 0 heterocycles. The Morgan fingerprint density at radius 2 is 1.95 bits per heavy atom. The van der Waals surface area contributed by atoms with Gasteiger partial charge in [-0.25, -0.2) is 4.39 Å². The number of hydrogen-bond donors (Lipinski definition) is 1. The van der Waals surface area contributed by atoms with Crippen LogP contribution in [0.1, 0.15) is 29.7 Å². The molecule has 0 bridgehead atoms. The number of hydrogen-bond acceptors (Lipinski definition) is 1. The first-order valence-corrected chi connectivity index (χ1v) is 6.68. The van der Waals surface area contributed by atoms with E-state index >= 15 is 0 Å². The number of benzene rings is 2. The van der Waals surface area contributed by atoms with E-state index in [4.69, 9.17) is 11.6 Å². The average Bonchev–Trinajstić information content (AvgIpc) is 2.38. The molecule has 0 aromatic heterocycles. The highest BCUT2D eigenvalue weighted by Crippen LogP contribution is 2.20. The minimum absolute atomic E-state index is 0.149. The third kappa shape index (κ3) is 3.55. The van der Waals surface area contributed by atoms with Gasteiger partial charge in [0.15, 0.2) is 0 Å². The lowest BCUT2D eigenvalue weighted by atomic mass is 10.1. The van der Waals surface area contributed by atoms with Crippen molar-refractivity contribution in [3.05, 3.63) is 70.0 Å². The molecule has 0 radical (unpaired) electrons. The number of aryl methyl sites for hydroxylation is 1. The van der Waals surface area contributed by atoms with Gasteiger partial charge in [-0.15, -0.1) is 0 Å². The average molecular weight is 278 g/mol. The zero-order chi connectivity index (χ0) is 13.8. The van der Waals surface area contributed by atoms with Crippen molar-refractivity contribution < 1.29 is 4.39 Å². The first-order chi connectivity index (χ1) is 9.08. The smallest absolute Gasteiger partial charge is 0.129 e. The van der Waals surface area contributed by atoms with E-state index in [-0.39, 0.29) is 11.9 Å². The predicted molar refractivity (Wildman–Crippen MR) is 77.8 cm³/mol. The summed E-state index contributed by atoms with van der Waals surface area (Å²) in [6, 6.07) is 13.2. The van der Waals surface area contributed by atoms with Gasteiger partial charge >= 0.3 is 0 Å². The summed E-state index contributed by atoms with van der Waals surface area (Å²) >= 11 is 6.00. The topological polar surface area (TPSA) is 12.0 Å². The molecule has 2 rings (SSSR count). The Hall–Kier alpha value is -1.38. The summed E-state index contributed by atoms with van der Waals surface area (Å²) in [5.41, 5.74) is 2.92. The van der Waals surface area contributed by atoms with E-state index in [9.17, 15) is 4.39 Å². The van der Waals surface area contributed by atoms with Crippen molar-refractivity contribution in [2.24, 2.45) is 0 Å². The maximum atomic E-state index is 13.6. The molecular formula is C16H17ClFN. The third-order valence-corrected chi connectivity index (χ3v) is 3.54. The first kappa shape index (κ1) is 14.0. The molecule has 0 amide bonds. The van der Waals surface area contributed by atoms with Gasteiger partial charge in [0.1, 0.15) is 5.82 Å². The lowest BCUT2D eigenvalue weighted by molar-refractivity contribution is 0.544. The van der Waals surface area contributed by atoms with Crippen LogP contribution >= 0.6 is 11.6 Å². The molecule has 100 valence electrons. The Morgan fingerprint density at radius 1 is 1.21 bits per heavy atom. The summed E-state index contributed by atoms with van der Waals surface area (Å²) in [4.78, 5) is 0. The van der Waals surface area contributed by atoms with Crippen LogP contribution < -0.4 is 5.32 Å². The molecule has 1 atom stereocenters. The SMILES string of the molecule is Cc1cccc([C@@H](C)NCc2c(F)cccc2Cl)c1. The minimum Gasteiger partial charge on any atom is -0.306 e. The monoisotopic (exact) mass is 277 g/mol. The molecule has 3 heteroatoms. The maximum Gasteiger partial charge on any atom is 0.129 e. The van der Waals surface area contributed by atoms with E-state index in [0.717, 1.165) is 0 Å². The summed E-state index contributed by atoms with van der Waals surface area (Å²) in [5.74, 6) is -0.267. The Balaban J connectivity index is 2.06. The van der Waals surface area contributed by atoms with E-state index in [1.807, 2.05) is 6.07 Å². The molecule has 2 aromatic rings. The molecule has 1 N–H and O–H groups in total. The molecule has 0 fully saturated rings. The zero-order valence-electron chi connectivity index (χ0n) is 11.1. The maximum absolute atomic E-state index is 13.6. The number of halogens is 2. The van der Waals surface area contributed by atoms with E-state index in [1.54, 1.807) is 12.1 Å². The minimum atomic E-state index is -0.267. The fraction of sp³-hybridized carbons (Fsp3) is 0.250. The Bertz CT molecular complexity index is 548. The largest absolute Gasteiger partial charge is 0.306 e. The molecule has 0 aliphatic carbocycles. The first-order valence-electron chi connectivity index (χ1n) is 6.31. The van der Waals surface area contributed by atoms with Crippen molar-refractivity contribution in [1.82, 2.24) is 5.32 Å². The van der Waals surface area contributed by atoms with Crippen LogP contribution in [0, 0.1) is 12.7 Å². The van der Waals surface area contributed by atoms with E-state index < -0.39 is 0 Å². The van der Waals surface area contributed by atoms with Crippen molar-refractivity contribution in [3.63, 3.8) is 0 Å². The summed E-state index contributed by atoms with van der Waals surface area (Å²) in [7, 11) is 0. The molecule has 0 aliphatic heterocycles. The summed E-state index contributed by atoms with van der Waals surface area (Å²) in [6.45, 7) is 4.54. The lowest BCUT2D eigenvalue weighted by Gasteiger charge is -2.16. The summed E-state index contributed by atoms with van der Waals surface area (Å²) in [5, 5.41) is 3.76. The summed E-state index contributed by atoms with van der Waals surface area (Å²) in [6.07, 6.45) is 0. The second-order valence-electron chi connectivity index (χ2n) is 4.72. The van der Waals surface area contributed by atoms with Gasteiger partial charge in [-0.05, 0) is 31.5 Å². The Kier molecular flexibility index (Phi) is 4.56. The van der Waals surface area contributed by atoms with Gasteiger partial charge in [0.05, 0.1) is 0 Å². The van der Waals surface area contributed by atoms with E-state index in [2.05, 4.69) is 37.4 Å². The van der Waals surface area contributed by atoms with Crippen molar-refractivity contribution >= 4 is 11.6 Å². The van der Waals surface area contributed by atoms with Crippen molar-refractivity contribution in [3.8, 4) is 0 Å². The third-order valence-electron chi connectivity index (χ3n) is 3.19.